The van der Waals surface area contributed by atoms with Gasteiger partial charge in [-0.25, -0.2) is 9.18 Å². The number of hydrogen-bond acceptors (Lipinski definition) is 6. The van der Waals surface area contributed by atoms with E-state index >= 15 is 0 Å². The van der Waals surface area contributed by atoms with E-state index in [1.165, 1.54) is 43.3 Å². The number of ketones is 1. The fourth-order valence-corrected chi connectivity index (χ4v) is 2.36. The van der Waals surface area contributed by atoms with Crippen LogP contribution in [-0.2, 0) is 14.3 Å². The van der Waals surface area contributed by atoms with Crippen molar-refractivity contribution < 1.29 is 33.0 Å². The second-order valence-corrected chi connectivity index (χ2v) is 5.79. The van der Waals surface area contributed by atoms with Crippen molar-refractivity contribution in [3.63, 3.8) is 0 Å². The summed E-state index contributed by atoms with van der Waals surface area (Å²) in [4.78, 5) is 35.5. The zero-order valence-electron chi connectivity index (χ0n) is 14.4. The lowest BCUT2D eigenvalue weighted by atomic mass is 10.1. The number of halogens is 1. The van der Waals surface area contributed by atoms with E-state index in [-0.39, 0.29) is 18.1 Å². The van der Waals surface area contributed by atoms with Gasteiger partial charge in [0, 0.05) is 5.56 Å². The Balaban J connectivity index is 1.55. The van der Waals surface area contributed by atoms with E-state index in [4.69, 9.17) is 14.2 Å². The molecule has 0 unspecified atom stereocenters. The van der Waals surface area contributed by atoms with Gasteiger partial charge in [0.05, 0.1) is 5.69 Å². The molecule has 140 valence electrons. The highest BCUT2D eigenvalue weighted by Crippen LogP contribution is 2.28. The van der Waals surface area contributed by atoms with E-state index in [2.05, 4.69) is 5.32 Å². The molecular weight excluding hydrogens is 357 g/mol. The van der Waals surface area contributed by atoms with E-state index in [0.29, 0.717) is 17.2 Å². The van der Waals surface area contributed by atoms with Gasteiger partial charge in [0.2, 0.25) is 0 Å². The highest BCUT2D eigenvalue weighted by atomic mass is 19.1. The second-order valence-electron chi connectivity index (χ2n) is 5.79. The van der Waals surface area contributed by atoms with Crippen LogP contribution < -0.4 is 14.8 Å². The molecule has 0 saturated carbocycles. The average Bonchev–Trinajstić information content (AvgIpc) is 2.66. The van der Waals surface area contributed by atoms with Gasteiger partial charge in [-0.2, -0.15) is 0 Å². The quantitative estimate of drug-likeness (QED) is 0.617. The molecule has 8 heteroatoms. The third kappa shape index (κ3) is 4.60. The van der Waals surface area contributed by atoms with Crippen LogP contribution in [0, 0.1) is 5.82 Å². The number of benzene rings is 2. The number of carbonyl (C=O) groups is 3. The number of Topliss-reactive ketones (excluding diaryl/α,β-unsaturated/α-hetero) is 1. The second kappa shape index (κ2) is 7.86. The highest BCUT2D eigenvalue weighted by molar-refractivity contribution is 6.01. The summed E-state index contributed by atoms with van der Waals surface area (Å²) in [6.45, 7) is 0.898. The van der Waals surface area contributed by atoms with Crippen molar-refractivity contribution in [2.75, 3.05) is 18.5 Å². The molecule has 2 aromatic rings. The first-order chi connectivity index (χ1) is 12.9. The predicted molar refractivity (Wildman–Crippen MR) is 92.3 cm³/mol. The Morgan fingerprint density at radius 1 is 1.22 bits per heavy atom. The average molecular weight is 373 g/mol. The van der Waals surface area contributed by atoms with Gasteiger partial charge in [-0.3, -0.25) is 9.59 Å². The Morgan fingerprint density at radius 2 is 1.96 bits per heavy atom. The van der Waals surface area contributed by atoms with Gasteiger partial charge in [-0.1, -0.05) is 0 Å². The summed E-state index contributed by atoms with van der Waals surface area (Å²) in [5.41, 5.74) is 0.649. The summed E-state index contributed by atoms with van der Waals surface area (Å²) in [6.07, 6.45) is -0.973. The van der Waals surface area contributed by atoms with Crippen LogP contribution >= 0.6 is 0 Å². The summed E-state index contributed by atoms with van der Waals surface area (Å²) >= 11 is 0. The van der Waals surface area contributed by atoms with E-state index in [1.54, 1.807) is 6.07 Å². The van der Waals surface area contributed by atoms with Crippen molar-refractivity contribution in [1.29, 1.82) is 0 Å². The normalized spacial score (nSPS) is 13.6. The number of carbonyl (C=O) groups excluding carboxylic acids is 3. The Labute approximate surface area is 154 Å². The van der Waals surface area contributed by atoms with Gasteiger partial charge in [0.25, 0.3) is 5.91 Å². The molecule has 0 radical (unpaired) electrons. The summed E-state index contributed by atoms with van der Waals surface area (Å²) in [5.74, 6) is -1.15. The molecule has 1 aliphatic rings. The molecule has 0 saturated heterocycles. The first-order valence-corrected chi connectivity index (χ1v) is 8.11. The summed E-state index contributed by atoms with van der Waals surface area (Å²) < 4.78 is 28.4. The number of hydrogen-bond donors (Lipinski definition) is 1. The number of fused-ring (bicyclic) bond motifs is 1. The van der Waals surface area contributed by atoms with Crippen molar-refractivity contribution in [2.45, 2.75) is 13.0 Å². The largest absolute Gasteiger partial charge is 0.482 e. The Kier molecular flexibility index (Phi) is 5.35. The molecular formula is C19H16FNO6. The monoisotopic (exact) mass is 373 g/mol. The third-order valence-electron chi connectivity index (χ3n) is 3.74. The van der Waals surface area contributed by atoms with Crippen LogP contribution in [0.1, 0.15) is 17.3 Å². The van der Waals surface area contributed by atoms with Crippen LogP contribution in [0.25, 0.3) is 0 Å². The molecule has 1 heterocycles. The minimum absolute atomic E-state index is 0.0795. The first kappa shape index (κ1) is 18.4. The van der Waals surface area contributed by atoms with Crippen molar-refractivity contribution in [3.05, 3.63) is 53.8 Å². The first-order valence-electron chi connectivity index (χ1n) is 8.11. The van der Waals surface area contributed by atoms with E-state index in [9.17, 15) is 18.8 Å². The number of rotatable bonds is 6. The lowest BCUT2D eigenvalue weighted by molar-refractivity contribution is -0.149. The fraction of sp³-hybridized carbons (Fsp3) is 0.211. The lowest BCUT2D eigenvalue weighted by Gasteiger charge is -2.18. The lowest BCUT2D eigenvalue weighted by Crippen LogP contribution is -2.28. The maximum Gasteiger partial charge on any atom is 0.347 e. The van der Waals surface area contributed by atoms with Crippen molar-refractivity contribution in [3.8, 4) is 11.5 Å². The Hall–Kier alpha value is -3.42. The third-order valence-corrected chi connectivity index (χ3v) is 3.74. The van der Waals surface area contributed by atoms with E-state index < -0.39 is 30.3 Å². The van der Waals surface area contributed by atoms with Gasteiger partial charge < -0.3 is 19.5 Å². The van der Waals surface area contributed by atoms with Crippen LogP contribution in [0.5, 0.6) is 11.5 Å². The number of nitrogens with one attached hydrogen (secondary N) is 1. The van der Waals surface area contributed by atoms with Gasteiger partial charge >= 0.3 is 5.97 Å². The number of esters is 1. The molecule has 3 rings (SSSR count). The molecule has 27 heavy (non-hydrogen) atoms. The topological polar surface area (TPSA) is 90.9 Å². The molecule has 2 aromatic carbocycles. The Bertz CT molecular complexity index is 880. The van der Waals surface area contributed by atoms with Crippen molar-refractivity contribution >= 4 is 23.3 Å². The molecule has 1 amide bonds. The summed E-state index contributed by atoms with van der Waals surface area (Å²) in [6, 6.07) is 9.71. The van der Waals surface area contributed by atoms with Gasteiger partial charge in [-0.15, -0.1) is 0 Å². The fourth-order valence-electron chi connectivity index (χ4n) is 2.36. The Morgan fingerprint density at radius 3 is 2.70 bits per heavy atom. The minimum atomic E-state index is -0.973. The molecule has 1 N–H and O–H groups in total. The molecule has 0 bridgehead atoms. The molecule has 0 spiro atoms. The smallest absolute Gasteiger partial charge is 0.347 e. The number of amides is 1. The minimum Gasteiger partial charge on any atom is -0.482 e. The molecule has 1 aliphatic heterocycles. The van der Waals surface area contributed by atoms with Crippen LogP contribution in [0.15, 0.2) is 42.5 Å². The maximum atomic E-state index is 12.9. The van der Waals surface area contributed by atoms with Crippen LogP contribution in [0.2, 0.25) is 0 Å². The van der Waals surface area contributed by atoms with Crippen LogP contribution in [0.4, 0.5) is 10.1 Å². The van der Waals surface area contributed by atoms with Gasteiger partial charge in [0.15, 0.2) is 25.1 Å². The highest BCUT2D eigenvalue weighted by Gasteiger charge is 2.21. The van der Waals surface area contributed by atoms with E-state index in [0.717, 1.165) is 0 Å². The molecule has 0 aliphatic carbocycles. The van der Waals surface area contributed by atoms with E-state index in [1.807, 2.05) is 0 Å². The van der Waals surface area contributed by atoms with Gasteiger partial charge in [0.1, 0.15) is 17.3 Å². The van der Waals surface area contributed by atoms with Crippen LogP contribution in [0.3, 0.4) is 0 Å². The van der Waals surface area contributed by atoms with Crippen molar-refractivity contribution in [1.82, 2.24) is 0 Å². The summed E-state index contributed by atoms with van der Waals surface area (Å²) in [5, 5.41) is 2.60. The number of anilines is 1. The van der Waals surface area contributed by atoms with Gasteiger partial charge in [-0.05, 0) is 49.4 Å². The molecule has 7 nitrogen and oxygen atoms in total. The predicted octanol–water partition coefficient (Wildman–Crippen LogP) is 2.35. The number of ether oxygens (including phenoxy) is 3. The molecule has 1 atom stereocenters. The maximum absolute atomic E-state index is 12.9. The standard InChI is InChI=1S/C19H16FNO6/c1-11(27-14-5-3-13(20)4-6-14)19(24)26-9-16(22)12-2-7-17-15(8-12)21-18(23)10-25-17/h2-8,11H,9-10H2,1H3,(H,21,23)/t11-/m0/s1. The van der Waals surface area contributed by atoms with Crippen molar-refractivity contribution in [2.24, 2.45) is 0 Å². The molecule has 0 fully saturated rings. The SMILES string of the molecule is C[C@H](Oc1ccc(F)cc1)C(=O)OCC(=O)c1ccc2c(c1)NC(=O)CO2. The summed E-state index contributed by atoms with van der Waals surface area (Å²) in [7, 11) is 0. The zero-order chi connectivity index (χ0) is 19.4. The molecule has 0 aromatic heterocycles. The van der Waals surface area contributed by atoms with Crippen LogP contribution in [-0.4, -0.2) is 37.0 Å². The zero-order valence-corrected chi connectivity index (χ0v) is 14.4.